The number of carbonyl (C=O) groups is 1. The molecule has 0 unspecified atom stereocenters. The lowest BCUT2D eigenvalue weighted by atomic mass is 10.2. The summed E-state index contributed by atoms with van der Waals surface area (Å²) < 4.78 is 0. The first kappa shape index (κ1) is 8.50. The van der Waals surface area contributed by atoms with Crippen molar-refractivity contribution in [2.75, 3.05) is 0 Å². The molecule has 0 bridgehead atoms. The van der Waals surface area contributed by atoms with E-state index in [1.165, 1.54) is 0 Å². The Morgan fingerprint density at radius 1 is 1.57 bits per heavy atom. The predicted octanol–water partition coefficient (Wildman–Crippen LogP) is 1.06. The number of aromatic nitrogens is 2. The van der Waals surface area contributed by atoms with E-state index >= 15 is 0 Å². The minimum absolute atomic E-state index is 0.279. The molecule has 3 N–H and O–H groups in total. The van der Waals surface area contributed by atoms with Crippen LogP contribution in [0.3, 0.4) is 0 Å². The monoisotopic (exact) mass is 187 g/mol. The number of hydrogen-bond donors (Lipinski definition) is 2. The van der Waals surface area contributed by atoms with E-state index < -0.39 is 5.91 Å². The number of nitrogens with two attached hydrogens (primary N) is 1. The molecule has 0 saturated heterocycles. The van der Waals surface area contributed by atoms with Gasteiger partial charge in [-0.2, -0.15) is 0 Å². The number of amides is 1. The summed E-state index contributed by atoms with van der Waals surface area (Å²) in [4.78, 5) is 17.9. The van der Waals surface area contributed by atoms with Crippen molar-refractivity contribution < 1.29 is 4.79 Å². The van der Waals surface area contributed by atoms with E-state index in [1.807, 2.05) is 6.07 Å². The number of hydrogen-bond acceptors (Lipinski definition) is 2. The summed E-state index contributed by atoms with van der Waals surface area (Å²) in [5.74, 6) is -0.524. The van der Waals surface area contributed by atoms with Gasteiger partial charge in [0.2, 0.25) is 5.91 Å². The number of nitrogens with zero attached hydrogens (tertiary/aromatic N) is 1. The highest BCUT2D eigenvalue weighted by molar-refractivity contribution is 6.18. The summed E-state index contributed by atoms with van der Waals surface area (Å²) in [6.07, 6.45) is 3.39. The SMILES string of the molecule is C=C(C(N)=O)c1cc2cnccc2[nH]1. The van der Waals surface area contributed by atoms with E-state index in [1.54, 1.807) is 18.5 Å². The summed E-state index contributed by atoms with van der Waals surface area (Å²) >= 11 is 0. The molecule has 0 saturated carbocycles. The number of H-pyrrole nitrogens is 1. The number of primary amides is 1. The van der Waals surface area contributed by atoms with E-state index in [0.717, 1.165) is 10.9 Å². The van der Waals surface area contributed by atoms with E-state index in [4.69, 9.17) is 5.73 Å². The third kappa shape index (κ3) is 1.26. The minimum atomic E-state index is -0.524. The first-order valence-corrected chi connectivity index (χ1v) is 4.10. The van der Waals surface area contributed by atoms with Crippen LogP contribution in [0, 0.1) is 0 Å². The molecule has 0 aromatic carbocycles. The van der Waals surface area contributed by atoms with Gasteiger partial charge in [-0.1, -0.05) is 6.58 Å². The Hall–Kier alpha value is -2.10. The highest BCUT2D eigenvalue weighted by Gasteiger charge is 2.07. The van der Waals surface area contributed by atoms with Gasteiger partial charge in [-0.25, -0.2) is 0 Å². The van der Waals surface area contributed by atoms with Gasteiger partial charge in [0.25, 0.3) is 0 Å². The lowest BCUT2D eigenvalue weighted by Crippen LogP contribution is -2.11. The average Bonchev–Trinajstić information content (AvgIpc) is 2.59. The molecule has 2 aromatic heterocycles. The van der Waals surface area contributed by atoms with Crippen molar-refractivity contribution >= 4 is 22.4 Å². The topological polar surface area (TPSA) is 71.8 Å². The quantitative estimate of drug-likeness (QED) is 0.690. The molecular weight excluding hydrogens is 178 g/mol. The Morgan fingerprint density at radius 3 is 3.00 bits per heavy atom. The van der Waals surface area contributed by atoms with Crippen LogP contribution in [0.25, 0.3) is 16.5 Å². The standard InChI is InChI=1S/C10H9N3O/c1-6(10(11)14)9-4-7-5-12-3-2-8(7)13-9/h2-5,13H,1H2,(H2,11,14). The Balaban J connectivity index is 2.55. The molecule has 0 aliphatic heterocycles. The third-order valence-corrected chi connectivity index (χ3v) is 2.04. The van der Waals surface area contributed by atoms with Crippen LogP contribution in [0.5, 0.6) is 0 Å². The lowest BCUT2D eigenvalue weighted by Gasteiger charge is -1.94. The fourth-order valence-corrected chi connectivity index (χ4v) is 1.27. The van der Waals surface area contributed by atoms with Crippen LogP contribution in [0.15, 0.2) is 31.1 Å². The molecular formula is C10H9N3O. The molecule has 0 fully saturated rings. The highest BCUT2D eigenvalue weighted by Crippen LogP contribution is 2.18. The molecule has 2 heterocycles. The maximum atomic E-state index is 10.9. The van der Waals surface area contributed by atoms with E-state index in [9.17, 15) is 4.79 Å². The van der Waals surface area contributed by atoms with Crippen molar-refractivity contribution in [3.05, 3.63) is 36.8 Å². The molecule has 0 spiro atoms. The Morgan fingerprint density at radius 2 is 2.36 bits per heavy atom. The van der Waals surface area contributed by atoms with Crippen LogP contribution in [0.2, 0.25) is 0 Å². The molecule has 0 atom stereocenters. The van der Waals surface area contributed by atoms with Crippen LogP contribution in [-0.2, 0) is 4.79 Å². The van der Waals surface area contributed by atoms with Crippen molar-refractivity contribution in [3.8, 4) is 0 Å². The molecule has 2 aromatic rings. The van der Waals surface area contributed by atoms with Crippen molar-refractivity contribution in [2.45, 2.75) is 0 Å². The Bertz CT molecular complexity index is 480. The lowest BCUT2D eigenvalue weighted by molar-refractivity contribution is -0.112. The van der Waals surface area contributed by atoms with Crippen LogP contribution in [0.1, 0.15) is 5.69 Å². The van der Waals surface area contributed by atoms with E-state index in [2.05, 4.69) is 16.5 Å². The fourth-order valence-electron chi connectivity index (χ4n) is 1.27. The van der Waals surface area contributed by atoms with Crippen LogP contribution in [0.4, 0.5) is 0 Å². The van der Waals surface area contributed by atoms with Crippen molar-refractivity contribution in [1.82, 2.24) is 9.97 Å². The zero-order valence-electron chi connectivity index (χ0n) is 7.45. The second kappa shape index (κ2) is 2.99. The zero-order valence-corrected chi connectivity index (χ0v) is 7.45. The molecule has 0 radical (unpaired) electrons. The molecule has 4 nitrogen and oxygen atoms in total. The van der Waals surface area contributed by atoms with Gasteiger partial charge in [0.15, 0.2) is 0 Å². The predicted molar refractivity (Wildman–Crippen MR) is 54.3 cm³/mol. The average molecular weight is 187 g/mol. The fraction of sp³-hybridized carbons (Fsp3) is 0. The Kier molecular flexibility index (Phi) is 1.81. The largest absolute Gasteiger partial charge is 0.366 e. The summed E-state index contributed by atoms with van der Waals surface area (Å²) in [5, 5.41) is 0.935. The second-order valence-corrected chi connectivity index (χ2v) is 2.99. The zero-order chi connectivity index (χ0) is 10.1. The summed E-state index contributed by atoms with van der Waals surface area (Å²) in [6.45, 7) is 3.59. The summed E-state index contributed by atoms with van der Waals surface area (Å²) in [5.41, 5.74) is 6.95. The summed E-state index contributed by atoms with van der Waals surface area (Å²) in [7, 11) is 0. The minimum Gasteiger partial charge on any atom is -0.366 e. The number of nitrogens with one attached hydrogen (secondary N) is 1. The van der Waals surface area contributed by atoms with Gasteiger partial charge >= 0.3 is 0 Å². The normalized spacial score (nSPS) is 10.3. The van der Waals surface area contributed by atoms with Crippen LogP contribution < -0.4 is 5.73 Å². The van der Waals surface area contributed by atoms with Crippen molar-refractivity contribution in [2.24, 2.45) is 5.73 Å². The van der Waals surface area contributed by atoms with Crippen LogP contribution >= 0.6 is 0 Å². The first-order valence-electron chi connectivity index (χ1n) is 4.10. The van der Waals surface area contributed by atoms with Crippen LogP contribution in [-0.4, -0.2) is 15.9 Å². The van der Waals surface area contributed by atoms with Gasteiger partial charge in [-0.05, 0) is 12.1 Å². The number of rotatable bonds is 2. The molecule has 2 rings (SSSR count). The molecule has 70 valence electrons. The molecule has 4 heteroatoms. The second-order valence-electron chi connectivity index (χ2n) is 2.99. The van der Waals surface area contributed by atoms with E-state index in [-0.39, 0.29) is 5.57 Å². The molecule has 1 amide bonds. The summed E-state index contributed by atoms with van der Waals surface area (Å²) in [6, 6.07) is 3.63. The molecule has 0 aliphatic rings. The van der Waals surface area contributed by atoms with Gasteiger partial charge in [0, 0.05) is 23.3 Å². The van der Waals surface area contributed by atoms with Gasteiger partial charge in [0.1, 0.15) is 0 Å². The molecule has 0 aliphatic carbocycles. The van der Waals surface area contributed by atoms with Crippen molar-refractivity contribution in [1.29, 1.82) is 0 Å². The number of carbonyl (C=O) groups excluding carboxylic acids is 1. The number of aromatic amines is 1. The highest BCUT2D eigenvalue weighted by atomic mass is 16.1. The Labute approximate surface area is 80.4 Å². The maximum absolute atomic E-state index is 10.9. The first-order chi connectivity index (χ1) is 6.68. The van der Waals surface area contributed by atoms with Crippen molar-refractivity contribution in [3.63, 3.8) is 0 Å². The van der Waals surface area contributed by atoms with Gasteiger partial charge < -0.3 is 10.7 Å². The van der Waals surface area contributed by atoms with E-state index in [0.29, 0.717) is 5.69 Å². The smallest absolute Gasteiger partial charge is 0.250 e. The number of fused-ring (bicyclic) bond motifs is 1. The van der Waals surface area contributed by atoms with Gasteiger partial charge in [-0.15, -0.1) is 0 Å². The number of pyridine rings is 1. The third-order valence-electron chi connectivity index (χ3n) is 2.04. The maximum Gasteiger partial charge on any atom is 0.250 e. The van der Waals surface area contributed by atoms with Gasteiger partial charge in [-0.3, -0.25) is 9.78 Å². The molecule has 14 heavy (non-hydrogen) atoms. The van der Waals surface area contributed by atoms with Gasteiger partial charge in [0.05, 0.1) is 11.3 Å².